The number of nitro groups is 1. The van der Waals surface area contributed by atoms with Crippen molar-refractivity contribution in [3.05, 3.63) is 70.8 Å². The predicted molar refractivity (Wildman–Crippen MR) is 113 cm³/mol. The Morgan fingerprint density at radius 2 is 1.90 bits per heavy atom. The highest BCUT2D eigenvalue weighted by atomic mass is 16.6. The topological polar surface area (TPSA) is 106 Å². The van der Waals surface area contributed by atoms with Crippen LogP contribution in [0.2, 0.25) is 0 Å². The van der Waals surface area contributed by atoms with Crippen molar-refractivity contribution in [3.63, 3.8) is 0 Å². The van der Waals surface area contributed by atoms with Crippen molar-refractivity contribution < 1.29 is 9.72 Å². The average molecular weight is 406 g/mol. The van der Waals surface area contributed by atoms with Crippen molar-refractivity contribution in [2.75, 3.05) is 23.3 Å². The summed E-state index contributed by atoms with van der Waals surface area (Å²) in [6.45, 7) is 4.35. The third kappa shape index (κ3) is 4.14. The summed E-state index contributed by atoms with van der Waals surface area (Å²) in [5, 5.41) is 18.2. The monoisotopic (exact) mass is 406 g/mol. The molecule has 2 aromatic carbocycles. The standard InChI is InChI=1S/C21H22N6O3/c1-15-8-10-25(11-9-15)18-5-3-17(4-6-18)24-21(28)16-2-7-19(20(12-16)27(29)30)26-14-22-13-23-26/h2-7,12-15H,8-11H2,1H3,(H,24,28). The first-order valence-electron chi connectivity index (χ1n) is 9.81. The van der Waals surface area contributed by atoms with Gasteiger partial charge in [0, 0.05) is 36.1 Å². The highest BCUT2D eigenvalue weighted by Gasteiger charge is 2.20. The number of anilines is 2. The van der Waals surface area contributed by atoms with Gasteiger partial charge >= 0.3 is 0 Å². The molecular weight excluding hydrogens is 384 g/mol. The van der Waals surface area contributed by atoms with E-state index in [-0.39, 0.29) is 16.9 Å². The summed E-state index contributed by atoms with van der Waals surface area (Å²) in [5.74, 6) is 0.350. The van der Waals surface area contributed by atoms with Crippen LogP contribution in [0.3, 0.4) is 0 Å². The SMILES string of the molecule is CC1CCN(c2ccc(NC(=O)c3ccc(-n4cncn4)c([N+](=O)[O-])c3)cc2)CC1. The maximum Gasteiger partial charge on any atom is 0.295 e. The van der Waals surface area contributed by atoms with E-state index in [1.54, 1.807) is 0 Å². The zero-order valence-electron chi connectivity index (χ0n) is 16.6. The van der Waals surface area contributed by atoms with E-state index in [0.29, 0.717) is 5.69 Å². The number of piperidine rings is 1. The number of nitrogens with one attached hydrogen (secondary N) is 1. The molecule has 9 heteroatoms. The Bertz CT molecular complexity index is 1040. The maximum atomic E-state index is 12.6. The molecule has 0 spiro atoms. The zero-order valence-corrected chi connectivity index (χ0v) is 16.6. The van der Waals surface area contributed by atoms with Gasteiger partial charge in [-0.1, -0.05) is 6.92 Å². The molecule has 1 aliphatic rings. The fraction of sp³-hybridized carbons (Fsp3) is 0.286. The van der Waals surface area contributed by atoms with Crippen LogP contribution in [0.1, 0.15) is 30.1 Å². The van der Waals surface area contributed by atoms with Gasteiger partial charge in [-0.2, -0.15) is 5.10 Å². The molecule has 1 saturated heterocycles. The minimum Gasteiger partial charge on any atom is -0.372 e. The largest absolute Gasteiger partial charge is 0.372 e. The van der Waals surface area contributed by atoms with Crippen molar-refractivity contribution >= 4 is 23.0 Å². The number of hydrogen-bond donors (Lipinski definition) is 1. The smallest absolute Gasteiger partial charge is 0.295 e. The van der Waals surface area contributed by atoms with Gasteiger partial charge in [-0.05, 0) is 55.2 Å². The molecule has 1 fully saturated rings. The number of benzene rings is 2. The van der Waals surface area contributed by atoms with Crippen molar-refractivity contribution in [3.8, 4) is 5.69 Å². The maximum absolute atomic E-state index is 12.6. The normalized spacial score (nSPS) is 14.5. The summed E-state index contributed by atoms with van der Waals surface area (Å²) < 4.78 is 1.29. The quantitative estimate of drug-likeness (QED) is 0.512. The molecule has 1 aliphatic heterocycles. The van der Waals surface area contributed by atoms with Gasteiger partial charge in [0.05, 0.1) is 4.92 Å². The Morgan fingerprint density at radius 1 is 1.17 bits per heavy atom. The van der Waals surface area contributed by atoms with Gasteiger partial charge in [0.1, 0.15) is 18.3 Å². The predicted octanol–water partition coefficient (Wildman–Crippen LogP) is 3.66. The van der Waals surface area contributed by atoms with E-state index in [1.165, 1.54) is 48.4 Å². The van der Waals surface area contributed by atoms with Crippen molar-refractivity contribution in [2.24, 2.45) is 5.92 Å². The van der Waals surface area contributed by atoms with E-state index < -0.39 is 10.8 Å². The molecule has 0 atom stereocenters. The summed E-state index contributed by atoms with van der Waals surface area (Å²) in [5.41, 5.74) is 1.99. The molecule has 0 radical (unpaired) electrons. The van der Waals surface area contributed by atoms with Crippen LogP contribution in [-0.2, 0) is 0 Å². The first-order valence-corrected chi connectivity index (χ1v) is 9.81. The second-order valence-corrected chi connectivity index (χ2v) is 7.47. The van der Waals surface area contributed by atoms with E-state index in [9.17, 15) is 14.9 Å². The molecule has 0 bridgehead atoms. The third-order valence-corrected chi connectivity index (χ3v) is 5.37. The number of carbonyl (C=O) groups is 1. The van der Waals surface area contributed by atoms with Crippen molar-refractivity contribution in [2.45, 2.75) is 19.8 Å². The summed E-state index contributed by atoms with van der Waals surface area (Å²) in [7, 11) is 0. The lowest BCUT2D eigenvalue weighted by Crippen LogP contribution is -2.32. The van der Waals surface area contributed by atoms with E-state index in [4.69, 9.17) is 0 Å². The van der Waals surface area contributed by atoms with Gasteiger partial charge in [0.2, 0.25) is 0 Å². The molecule has 0 aliphatic carbocycles. The van der Waals surface area contributed by atoms with Crippen LogP contribution in [0.25, 0.3) is 5.69 Å². The van der Waals surface area contributed by atoms with Gasteiger partial charge < -0.3 is 10.2 Å². The summed E-state index contributed by atoms with van der Waals surface area (Å²) in [6, 6.07) is 11.9. The van der Waals surface area contributed by atoms with Crippen LogP contribution in [0.5, 0.6) is 0 Å². The average Bonchev–Trinajstić information content (AvgIpc) is 3.29. The van der Waals surface area contributed by atoms with Crippen LogP contribution in [0.4, 0.5) is 17.1 Å². The summed E-state index contributed by atoms with van der Waals surface area (Å²) in [6.07, 6.45) is 5.02. The van der Waals surface area contributed by atoms with E-state index in [2.05, 4.69) is 27.2 Å². The highest BCUT2D eigenvalue weighted by molar-refractivity contribution is 6.05. The molecule has 1 aromatic heterocycles. The number of hydrogen-bond acceptors (Lipinski definition) is 6. The number of carbonyl (C=O) groups excluding carboxylic acids is 1. The number of aromatic nitrogens is 3. The molecule has 30 heavy (non-hydrogen) atoms. The van der Waals surface area contributed by atoms with Gasteiger partial charge in [0.15, 0.2) is 0 Å². The minimum absolute atomic E-state index is 0.194. The lowest BCUT2D eigenvalue weighted by molar-refractivity contribution is -0.384. The minimum atomic E-state index is -0.540. The lowest BCUT2D eigenvalue weighted by atomic mass is 9.99. The van der Waals surface area contributed by atoms with Gasteiger partial charge in [-0.15, -0.1) is 0 Å². The second kappa shape index (κ2) is 8.32. The number of amides is 1. The van der Waals surface area contributed by atoms with Crippen LogP contribution < -0.4 is 10.2 Å². The highest BCUT2D eigenvalue weighted by Crippen LogP contribution is 2.26. The van der Waals surface area contributed by atoms with Gasteiger partial charge in [-0.25, -0.2) is 9.67 Å². The van der Waals surface area contributed by atoms with E-state index in [0.717, 1.165) is 24.7 Å². The number of rotatable bonds is 5. The molecule has 0 saturated carbocycles. The molecule has 9 nitrogen and oxygen atoms in total. The van der Waals surface area contributed by atoms with Crippen LogP contribution in [-0.4, -0.2) is 38.7 Å². The summed E-state index contributed by atoms with van der Waals surface area (Å²) in [4.78, 5) is 29.7. The van der Waals surface area contributed by atoms with Gasteiger partial charge in [-0.3, -0.25) is 14.9 Å². The van der Waals surface area contributed by atoms with Gasteiger partial charge in [0.25, 0.3) is 11.6 Å². The third-order valence-electron chi connectivity index (χ3n) is 5.37. The Morgan fingerprint density at radius 3 is 2.53 bits per heavy atom. The van der Waals surface area contributed by atoms with E-state index in [1.807, 2.05) is 24.3 Å². The lowest BCUT2D eigenvalue weighted by Gasteiger charge is -2.32. The number of nitrogens with zero attached hydrogens (tertiary/aromatic N) is 5. The molecule has 4 rings (SSSR count). The molecule has 2 heterocycles. The zero-order chi connectivity index (χ0) is 21.1. The fourth-order valence-corrected chi connectivity index (χ4v) is 3.56. The molecular formula is C21H22N6O3. The number of nitro benzene ring substituents is 1. The molecule has 3 aromatic rings. The van der Waals surface area contributed by atoms with E-state index >= 15 is 0 Å². The Hall–Kier alpha value is -3.75. The fourth-order valence-electron chi connectivity index (χ4n) is 3.56. The van der Waals surface area contributed by atoms with Crippen LogP contribution in [0, 0.1) is 16.0 Å². The van der Waals surface area contributed by atoms with Crippen molar-refractivity contribution in [1.29, 1.82) is 0 Å². The van der Waals surface area contributed by atoms with Crippen LogP contribution >= 0.6 is 0 Å². The first-order chi connectivity index (χ1) is 14.5. The molecule has 1 amide bonds. The molecule has 0 unspecified atom stereocenters. The Kier molecular flexibility index (Phi) is 5.42. The first kappa shape index (κ1) is 19.6. The summed E-state index contributed by atoms with van der Waals surface area (Å²) >= 11 is 0. The Labute approximate surface area is 173 Å². The Balaban J connectivity index is 1.48. The second-order valence-electron chi connectivity index (χ2n) is 7.47. The molecule has 1 N–H and O–H groups in total. The van der Waals surface area contributed by atoms with Crippen molar-refractivity contribution in [1.82, 2.24) is 14.8 Å². The molecule has 154 valence electrons. The van der Waals surface area contributed by atoms with Crippen LogP contribution in [0.15, 0.2) is 55.1 Å².